The van der Waals surface area contributed by atoms with Crippen LogP contribution in [0.5, 0.6) is 0 Å². The van der Waals surface area contributed by atoms with Gasteiger partial charge in [0.05, 0.1) is 39.8 Å². The minimum Gasteiger partial charge on any atom is -0.317 e. The van der Waals surface area contributed by atoms with E-state index in [4.69, 9.17) is 17.5 Å². The first-order valence-electron chi connectivity index (χ1n) is 12.1. The third-order valence-corrected chi connectivity index (χ3v) is 6.56. The molecular weight excluding hydrogens is 523 g/mol. The molecule has 5 rings (SSSR count). The fourth-order valence-corrected chi connectivity index (χ4v) is 4.71. The molecule has 0 aliphatic rings. The number of halogens is 3. The van der Waals surface area contributed by atoms with Crippen LogP contribution in [0.4, 0.5) is 19.1 Å². The number of nitrogens with one attached hydrogen (secondary N) is 1. The molecule has 39 heavy (non-hydrogen) atoms. The minimum absolute atomic E-state index is 0.263. The number of anilines is 1. The summed E-state index contributed by atoms with van der Waals surface area (Å²) >= 11 is 5.37. The van der Waals surface area contributed by atoms with Crippen LogP contribution in [0.15, 0.2) is 67.0 Å². The van der Waals surface area contributed by atoms with Gasteiger partial charge in [0, 0.05) is 17.3 Å². The maximum absolute atomic E-state index is 13.6. The van der Waals surface area contributed by atoms with E-state index in [0.29, 0.717) is 50.6 Å². The van der Waals surface area contributed by atoms with Gasteiger partial charge in [-0.1, -0.05) is 31.3 Å². The van der Waals surface area contributed by atoms with Crippen molar-refractivity contribution in [3.05, 3.63) is 83.7 Å². The van der Waals surface area contributed by atoms with Crippen LogP contribution < -0.4 is 5.32 Å². The van der Waals surface area contributed by atoms with Crippen molar-refractivity contribution < 1.29 is 13.2 Å². The van der Waals surface area contributed by atoms with Gasteiger partial charge in [0.15, 0.2) is 5.65 Å². The quantitative estimate of drug-likeness (QED) is 0.232. The normalized spacial score (nSPS) is 11.5. The van der Waals surface area contributed by atoms with Gasteiger partial charge in [0.1, 0.15) is 0 Å². The molecule has 0 spiro atoms. The van der Waals surface area contributed by atoms with E-state index in [0.717, 1.165) is 24.2 Å². The number of thiocarbonyl (C=S) groups is 1. The molecule has 11 heteroatoms. The predicted octanol–water partition coefficient (Wildman–Crippen LogP) is 6.99. The predicted molar refractivity (Wildman–Crippen MR) is 147 cm³/mol. The van der Waals surface area contributed by atoms with Gasteiger partial charge in [0.2, 0.25) is 5.95 Å². The number of rotatable bonds is 6. The van der Waals surface area contributed by atoms with Crippen LogP contribution in [-0.4, -0.2) is 29.4 Å². The number of pyridine rings is 1. The molecular formula is C28H22F3N7S. The zero-order valence-corrected chi connectivity index (χ0v) is 21.8. The van der Waals surface area contributed by atoms with E-state index in [1.165, 1.54) is 6.07 Å². The van der Waals surface area contributed by atoms with Gasteiger partial charge in [-0.05, 0) is 73.4 Å². The summed E-state index contributed by atoms with van der Waals surface area (Å²) in [7, 11) is 0. The third-order valence-electron chi connectivity index (χ3n) is 6.25. The molecule has 3 aromatic heterocycles. The fraction of sp³-hybridized carbons (Fsp3) is 0.179. The van der Waals surface area contributed by atoms with E-state index in [9.17, 15) is 13.2 Å². The van der Waals surface area contributed by atoms with Crippen LogP contribution in [-0.2, 0) is 6.18 Å². The Labute approximate surface area is 227 Å². The number of hydrogen-bond acceptors (Lipinski definition) is 5. The van der Waals surface area contributed by atoms with Crippen molar-refractivity contribution in [2.45, 2.75) is 32.9 Å². The molecule has 196 valence electrons. The first-order valence-corrected chi connectivity index (χ1v) is 12.5. The number of fused-ring (bicyclic) bond motifs is 1. The highest BCUT2D eigenvalue weighted by Gasteiger charge is 2.31. The number of aromatic nitrogens is 5. The van der Waals surface area contributed by atoms with Gasteiger partial charge in [-0.15, -0.1) is 5.10 Å². The molecule has 3 heterocycles. The van der Waals surface area contributed by atoms with Gasteiger partial charge < -0.3 is 5.32 Å². The van der Waals surface area contributed by atoms with E-state index < -0.39 is 11.7 Å². The van der Waals surface area contributed by atoms with Crippen molar-refractivity contribution in [3.8, 4) is 34.1 Å². The van der Waals surface area contributed by atoms with Crippen LogP contribution in [0.2, 0.25) is 0 Å². The molecule has 0 saturated heterocycles. The second kappa shape index (κ2) is 10.3. The summed E-state index contributed by atoms with van der Waals surface area (Å²) in [5.41, 5.74) is 3.83. The van der Waals surface area contributed by atoms with Crippen molar-refractivity contribution in [1.82, 2.24) is 24.4 Å². The van der Waals surface area contributed by atoms with Crippen LogP contribution in [0, 0.1) is 18.3 Å². The Morgan fingerprint density at radius 2 is 1.90 bits per heavy atom. The Balaban J connectivity index is 1.73. The highest BCUT2D eigenvalue weighted by molar-refractivity contribution is 7.80. The van der Waals surface area contributed by atoms with Crippen LogP contribution >= 0.6 is 12.2 Å². The lowest BCUT2D eigenvalue weighted by Gasteiger charge is -2.16. The average Bonchev–Trinajstić information content (AvgIpc) is 3.55. The molecule has 0 radical (unpaired) electrons. The van der Waals surface area contributed by atoms with Gasteiger partial charge in [-0.3, -0.25) is 0 Å². The van der Waals surface area contributed by atoms with Crippen molar-refractivity contribution in [2.24, 2.45) is 0 Å². The smallest absolute Gasteiger partial charge is 0.317 e. The lowest BCUT2D eigenvalue weighted by molar-refractivity contribution is -0.137. The van der Waals surface area contributed by atoms with Gasteiger partial charge in [0.25, 0.3) is 0 Å². The second-order valence-electron chi connectivity index (χ2n) is 8.91. The highest BCUT2D eigenvalue weighted by Crippen LogP contribution is 2.38. The molecule has 0 aliphatic heterocycles. The average molecular weight is 546 g/mol. The SMILES string of the molecule is CCCC(=S)Nc1nc2c(-c3cccc(C(F)(F)F)c3)c(C)c(-c3ccnn3-c3ccc(C#N)cc3)cn2n1. The summed E-state index contributed by atoms with van der Waals surface area (Å²) in [4.78, 5) is 5.18. The zero-order valence-electron chi connectivity index (χ0n) is 21.0. The van der Waals surface area contributed by atoms with Crippen molar-refractivity contribution in [1.29, 1.82) is 5.26 Å². The first-order chi connectivity index (χ1) is 18.7. The van der Waals surface area contributed by atoms with Crippen LogP contribution in [0.3, 0.4) is 0 Å². The van der Waals surface area contributed by atoms with Crippen molar-refractivity contribution in [2.75, 3.05) is 5.32 Å². The number of alkyl halides is 3. The standard InChI is InChI=1S/C28H22F3N7S/c1-3-5-24(39)34-27-35-26-25(19-6-4-7-20(14-19)28(29,30)31)17(2)22(16-37(26)36-27)23-12-13-33-38(23)21-10-8-18(15-32)9-11-21/h4,6-14,16H,3,5H2,1-2H3,(H,34,36,39). The lowest BCUT2D eigenvalue weighted by atomic mass is 9.95. The maximum Gasteiger partial charge on any atom is 0.416 e. The molecule has 0 fully saturated rings. The summed E-state index contributed by atoms with van der Waals surface area (Å²) < 4.78 is 44.1. The van der Waals surface area contributed by atoms with E-state index in [1.807, 2.05) is 19.9 Å². The monoisotopic (exact) mass is 545 g/mol. The molecule has 0 amide bonds. The Kier molecular flexibility index (Phi) is 6.89. The molecule has 0 atom stereocenters. The molecule has 5 aromatic rings. The van der Waals surface area contributed by atoms with Gasteiger partial charge in [-0.25, -0.2) is 9.20 Å². The number of hydrogen-bond donors (Lipinski definition) is 1. The zero-order chi connectivity index (χ0) is 27.7. The summed E-state index contributed by atoms with van der Waals surface area (Å²) in [5.74, 6) is 0.263. The largest absolute Gasteiger partial charge is 0.416 e. The van der Waals surface area contributed by atoms with E-state index in [1.54, 1.807) is 51.9 Å². The molecule has 2 aromatic carbocycles. The summed E-state index contributed by atoms with van der Waals surface area (Å²) in [5, 5.41) is 21.2. The number of nitriles is 1. The molecule has 7 nitrogen and oxygen atoms in total. The maximum atomic E-state index is 13.6. The van der Waals surface area contributed by atoms with Gasteiger partial charge in [-0.2, -0.15) is 28.5 Å². The molecule has 1 N–H and O–H groups in total. The number of benzene rings is 2. The third kappa shape index (κ3) is 5.11. The topological polar surface area (TPSA) is 83.8 Å². The van der Waals surface area contributed by atoms with E-state index in [2.05, 4.69) is 26.6 Å². The molecule has 0 unspecified atom stereocenters. The summed E-state index contributed by atoms with van der Waals surface area (Å²) in [6.07, 6.45) is 0.411. The Morgan fingerprint density at radius 1 is 1.13 bits per heavy atom. The van der Waals surface area contributed by atoms with Crippen LogP contribution in [0.1, 0.15) is 36.5 Å². The summed E-state index contributed by atoms with van der Waals surface area (Å²) in [6, 6.07) is 16.0. The molecule has 0 saturated carbocycles. The number of nitrogens with zero attached hydrogens (tertiary/aromatic N) is 6. The molecule has 0 bridgehead atoms. The summed E-state index contributed by atoms with van der Waals surface area (Å²) in [6.45, 7) is 3.84. The first kappa shape index (κ1) is 26.1. The van der Waals surface area contributed by atoms with E-state index >= 15 is 0 Å². The lowest BCUT2D eigenvalue weighted by Crippen LogP contribution is -2.09. The Bertz CT molecular complexity index is 1730. The fourth-order valence-electron chi connectivity index (χ4n) is 4.42. The Morgan fingerprint density at radius 3 is 2.59 bits per heavy atom. The molecule has 0 aliphatic carbocycles. The van der Waals surface area contributed by atoms with Crippen LogP contribution in [0.25, 0.3) is 33.7 Å². The van der Waals surface area contributed by atoms with Crippen molar-refractivity contribution >= 4 is 28.8 Å². The second-order valence-corrected chi connectivity index (χ2v) is 9.40. The Hall–Kier alpha value is -4.56. The van der Waals surface area contributed by atoms with Crippen molar-refractivity contribution in [3.63, 3.8) is 0 Å². The van der Waals surface area contributed by atoms with E-state index in [-0.39, 0.29) is 5.95 Å². The van der Waals surface area contributed by atoms with Gasteiger partial charge >= 0.3 is 6.18 Å². The minimum atomic E-state index is -4.50. The highest BCUT2D eigenvalue weighted by atomic mass is 32.1.